The van der Waals surface area contributed by atoms with E-state index < -0.39 is 0 Å². The molecule has 0 saturated carbocycles. The van der Waals surface area contributed by atoms with Gasteiger partial charge in [-0.3, -0.25) is 0 Å². The average Bonchev–Trinajstić information content (AvgIpc) is 2.88. The van der Waals surface area contributed by atoms with Crippen LogP contribution in [0, 0.1) is 13.8 Å². The van der Waals surface area contributed by atoms with Crippen molar-refractivity contribution in [2.75, 3.05) is 6.54 Å². The first-order valence-electron chi connectivity index (χ1n) is 5.84. The molecule has 2 rings (SSSR count). The van der Waals surface area contributed by atoms with E-state index in [1.165, 1.54) is 21.0 Å². The number of hydrogen-bond donors (Lipinski definition) is 1. The topological polar surface area (TPSA) is 24.9 Å². The molecular weight excluding hydrogens is 248 g/mol. The maximum atomic E-state index is 4.29. The molecule has 0 spiro atoms. The van der Waals surface area contributed by atoms with Gasteiger partial charge in [0.05, 0.1) is 11.2 Å². The lowest BCUT2D eigenvalue weighted by Crippen LogP contribution is -2.21. The van der Waals surface area contributed by atoms with E-state index in [-0.39, 0.29) is 0 Å². The zero-order chi connectivity index (χ0) is 12.3. The molecule has 1 N–H and O–H groups in total. The fourth-order valence-corrected chi connectivity index (χ4v) is 3.58. The van der Waals surface area contributed by atoms with E-state index in [1.54, 1.807) is 11.3 Å². The van der Waals surface area contributed by atoms with Crippen LogP contribution < -0.4 is 5.32 Å². The van der Waals surface area contributed by atoms with E-state index in [4.69, 9.17) is 0 Å². The van der Waals surface area contributed by atoms with E-state index in [0.717, 1.165) is 13.0 Å². The lowest BCUT2D eigenvalue weighted by atomic mass is 10.1. The molecular formula is C13H18N2S2. The summed E-state index contributed by atoms with van der Waals surface area (Å²) in [4.78, 5) is 7.11. The van der Waals surface area contributed by atoms with Gasteiger partial charge in [-0.15, -0.1) is 22.7 Å². The highest BCUT2D eigenvalue weighted by molar-refractivity contribution is 7.12. The summed E-state index contributed by atoms with van der Waals surface area (Å²) in [6.45, 7) is 7.59. The third kappa shape index (κ3) is 3.37. The Kier molecular flexibility index (Phi) is 4.31. The van der Waals surface area contributed by atoms with Crippen LogP contribution in [-0.2, 0) is 6.42 Å². The first-order chi connectivity index (χ1) is 8.16. The molecule has 1 atom stereocenters. The molecule has 2 heterocycles. The zero-order valence-corrected chi connectivity index (χ0v) is 12.1. The summed E-state index contributed by atoms with van der Waals surface area (Å²) in [5.74, 6) is 0. The summed E-state index contributed by atoms with van der Waals surface area (Å²) in [6, 6.07) is 2.72. The van der Waals surface area contributed by atoms with Gasteiger partial charge in [0.15, 0.2) is 0 Å². The smallest absolute Gasteiger partial charge is 0.0794 e. The molecule has 1 unspecified atom stereocenters. The minimum atomic E-state index is 0.429. The SMILES string of the molecule is Cc1cc(C(C)NCCc2cscn2)c(C)s1. The molecule has 0 aliphatic carbocycles. The third-order valence-corrected chi connectivity index (χ3v) is 4.48. The molecule has 0 aromatic carbocycles. The van der Waals surface area contributed by atoms with Crippen LogP contribution in [0.15, 0.2) is 17.0 Å². The predicted molar refractivity (Wildman–Crippen MR) is 76.0 cm³/mol. The van der Waals surface area contributed by atoms with Crippen LogP contribution in [0.1, 0.15) is 34.0 Å². The number of rotatable bonds is 5. The van der Waals surface area contributed by atoms with Gasteiger partial charge < -0.3 is 5.32 Å². The number of nitrogens with one attached hydrogen (secondary N) is 1. The average molecular weight is 266 g/mol. The van der Waals surface area contributed by atoms with Crippen molar-refractivity contribution in [3.8, 4) is 0 Å². The lowest BCUT2D eigenvalue weighted by molar-refractivity contribution is 0.574. The van der Waals surface area contributed by atoms with E-state index in [9.17, 15) is 0 Å². The van der Waals surface area contributed by atoms with Gasteiger partial charge in [-0.1, -0.05) is 0 Å². The van der Waals surface area contributed by atoms with Crippen molar-refractivity contribution in [1.82, 2.24) is 10.3 Å². The van der Waals surface area contributed by atoms with E-state index in [2.05, 4.69) is 42.5 Å². The number of nitrogens with zero attached hydrogens (tertiary/aromatic N) is 1. The number of hydrogen-bond acceptors (Lipinski definition) is 4. The van der Waals surface area contributed by atoms with Gasteiger partial charge in [-0.05, 0) is 32.4 Å². The van der Waals surface area contributed by atoms with Gasteiger partial charge in [-0.25, -0.2) is 4.98 Å². The highest BCUT2D eigenvalue weighted by atomic mass is 32.1. The van der Waals surface area contributed by atoms with E-state index in [1.807, 2.05) is 16.8 Å². The highest BCUT2D eigenvalue weighted by Gasteiger charge is 2.10. The fraction of sp³-hybridized carbons (Fsp3) is 0.462. The zero-order valence-electron chi connectivity index (χ0n) is 10.5. The second-order valence-electron chi connectivity index (χ2n) is 4.27. The molecule has 0 aliphatic heterocycles. The maximum absolute atomic E-state index is 4.29. The fourth-order valence-electron chi connectivity index (χ4n) is 1.97. The van der Waals surface area contributed by atoms with Gasteiger partial charge in [-0.2, -0.15) is 0 Å². The Morgan fingerprint density at radius 3 is 2.82 bits per heavy atom. The summed E-state index contributed by atoms with van der Waals surface area (Å²) in [5.41, 5.74) is 4.52. The maximum Gasteiger partial charge on any atom is 0.0794 e. The molecule has 0 aliphatic rings. The Labute approximate surface area is 111 Å². The summed E-state index contributed by atoms with van der Waals surface area (Å²) >= 11 is 3.54. The second-order valence-corrected chi connectivity index (χ2v) is 6.45. The molecule has 17 heavy (non-hydrogen) atoms. The van der Waals surface area contributed by atoms with Gasteiger partial charge in [0, 0.05) is 34.1 Å². The molecule has 0 fully saturated rings. The highest BCUT2D eigenvalue weighted by Crippen LogP contribution is 2.25. The summed E-state index contributed by atoms with van der Waals surface area (Å²) in [6.07, 6.45) is 1.01. The number of thiophene rings is 1. The number of aromatic nitrogens is 1. The first-order valence-corrected chi connectivity index (χ1v) is 7.60. The standard InChI is InChI=1S/C13H18N2S2/c1-9-6-13(11(3)17-9)10(2)14-5-4-12-7-16-8-15-12/h6-8,10,14H,4-5H2,1-3H3. The molecule has 92 valence electrons. The normalized spacial score (nSPS) is 12.9. The molecule has 4 heteroatoms. The molecule has 2 nitrogen and oxygen atoms in total. The van der Waals surface area contributed by atoms with Crippen LogP contribution in [0.25, 0.3) is 0 Å². The van der Waals surface area contributed by atoms with Crippen molar-refractivity contribution in [3.05, 3.63) is 38.0 Å². The predicted octanol–water partition coefficient (Wildman–Crippen LogP) is 3.71. The second kappa shape index (κ2) is 5.76. The van der Waals surface area contributed by atoms with Crippen molar-refractivity contribution < 1.29 is 0 Å². The Bertz CT molecular complexity index is 460. The minimum Gasteiger partial charge on any atom is -0.310 e. The lowest BCUT2D eigenvalue weighted by Gasteiger charge is -2.13. The van der Waals surface area contributed by atoms with Crippen molar-refractivity contribution in [3.63, 3.8) is 0 Å². The molecule has 2 aromatic heterocycles. The van der Waals surface area contributed by atoms with Crippen molar-refractivity contribution in [2.24, 2.45) is 0 Å². The Morgan fingerprint density at radius 1 is 1.41 bits per heavy atom. The van der Waals surface area contributed by atoms with Crippen molar-refractivity contribution in [2.45, 2.75) is 33.2 Å². The summed E-state index contributed by atoms with van der Waals surface area (Å²) in [5, 5.41) is 5.68. The minimum absolute atomic E-state index is 0.429. The van der Waals surface area contributed by atoms with Crippen molar-refractivity contribution >= 4 is 22.7 Å². The molecule has 0 amide bonds. The van der Waals surface area contributed by atoms with Crippen molar-refractivity contribution in [1.29, 1.82) is 0 Å². The molecule has 0 saturated heterocycles. The van der Waals surface area contributed by atoms with Crippen LogP contribution in [0.3, 0.4) is 0 Å². The van der Waals surface area contributed by atoms with Gasteiger partial charge in [0.2, 0.25) is 0 Å². The molecule has 0 bridgehead atoms. The van der Waals surface area contributed by atoms with Gasteiger partial charge >= 0.3 is 0 Å². The van der Waals surface area contributed by atoms with Gasteiger partial charge in [0.25, 0.3) is 0 Å². The summed E-state index contributed by atoms with van der Waals surface area (Å²) < 4.78 is 0. The van der Waals surface area contributed by atoms with E-state index in [0.29, 0.717) is 6.04 Å². The first kappa shape index (κ1) is 12.7. The Hall–Kier alpha value is -0.710. The Morgan fingerprint density at radius 2 is 2.24 bits per heavy atom. The number of aryl methyl sites for hydroxylation is 2. The molecule has 2 aromatic rings. The van der Waals surface area contributed by atoms with E-state index >= 15 is 0 Å². The van der Waals surface area contributed by atoms with Gasteiger partial charge in [0.1, 0.15) is 0 Å². The van der Waals surface area contributed by atoms with Crippen LogP contribution in [0.4, 0.5) is 0 Å². The third-order valence-electron chi connectivity index (χ3n) is 2.86. The summed E-state index contributed by atoms with van der Waals surface area (Å²) in [7, 11) is 0. The number of thiazole rings is 1. The largest absolute Gasteiger partial charge is 0.310 e. The van der Waals surface area contributed by atoms with Crippen LogP contribution in [0.5, 0.6) is 0 Å². The van der Waals surface area contributed by atoms with Crippen LogP contribution in [0.2, 0.25) is 0 Å². The quantitative estimate of drug-likeness (QED) is 0.892. The van der Waals surface area contributed by atoms with Crippen LogP contribution >= 0.6 is 22.7 Å². The monoisotopic (exact) mass is 266 g/mol. The van der Waals surface area contributed by atoms with Crippen LogP contribution in [-0.4, -0.2) is 11.5 Å². The Balaban J connectivity index is 1.85. The molecule has 0 radical (unpaired) electrons.